The third-order valence-electron chi connectivity index (χ3n) is 1.80. The fraction of sp³-hybridized carbons (Fsp3) is 0. The van der Waals surface area contributed by atoms with E-state index >= 15 is 0 Å². The quantitative estimate of drug-likeness (QED) is 0.289. The van der Waals surface area contributed by atoms with E-state index in [1.54, 1.807) is 0 Å². The maximum absolute atomic E-state index is 11.6. The van der Waals surface area contributed by atoms with E-state index in [0.717, 1.165) is 24.3 Å². The highest BCUT2D eigenvalue weighted by atomic mass is 32.2. The Balaban J connectivity index is 3.11. The third kappa shape index (κ3) is 3.19. The highest BCUT2D eigenvalue weighted by Crippen LogP contribution is 2.13. The predicted octanol–water partition coefficient (Wildman–Crippen LogP) is -0.541. The maximum atomic E-state index is 11.6. The first kappa shape index (κ1) is 13.5. The molecule has 18 heavy (non-hydrogen) atoms. The zero-order valence-corrected chi connectivity index (χ0v) is 9.68. The largest absolute Gasteiger partial charge is 0.478 e. The van der Waals surface area contributed by atoms with Gasteiger partial charge in [0.05, 0.1) is 10.5 Å². The first-order valence-electron chi connectivity index (χ1n) is 4.46. The van der Waals surface area contributed by atoms with Crippen molar-refractivity contribution < 1.29 is 18.3 Å². The van der Waals surface area contributed by atoms with Gasteiger partial charge in [-0.15, -0.1) is 4.40 Å². The second kappa shape index (κ2) is 5.15. The molecule has 0 spiro atoms. The number of hydrogen-bond acceptors (Lipinski definition) is 4. The number of nitrogens with zero attached hydrogens (tertiary/aromatic N) is 2. The zero-order valence-electron chi connectivity index (χ0n) is 8.86. The minimum Gasteiger partial charge on any atom is -0.478 e. The van der Waals surface area contributed by atoms with E-state index in [1.165, 1.54) is 6.19 Å². The first-order chi connectivity index (χ1) is 8.36. The lowest BCUT2D eigenvalue weighted by molar-refractivity contribution is 0.0696. The van der Waals surface area contributed by atoms with Crippen LogP contribution in [0.4, 0.5) is 0 Å². The van der Waals surface area contributed by atoms with E-state index in [-0.39, 0.29) is 10.5 Å². The highest BCUT2D eigenvalue weighted by Gasteiger charge is 2.14. The molecule has 94 valence electrons. The van der Waals surface area contributed by atoms with Gasteiger partial charge in [-0.3, -0.25) is 5.32 Å². The summed E-state index contributed by atoms with van der Waals surface area (Å²) < 4.78 is 26.4. The Kier molecular flexibility index (Phi) is 3.85. The molecule has 0 aliphatic rings. The summed E-state index contributed by atoms with van der Waals surface area (Å²) in [5.74, 6) is -1.74. The van der Waals surface area contributed by atoms with Crippen molar-refractivity contribution in [2.45, 2.75) is 4.90 Å². The van der Waals surface area contributed by atoms with Gasteiger partial charge in [0.25, 0.3) is 10.0 Å². The fourth-order valence-electron chi connectivity index (χ4n) is 1.03. The fourth-order valence-corrected chi connectivity index (χ4v) is 1.92. The Labute approximate surface area is 102 Å². The van der Waals surface area contributed by atoms with E-state index < -0.39 is 22.0 Å². The summed E-state index contributed by atoms with van der Waals surface area (Å²) in [5, 5.41) is 18.7. The number of guanidine groups is 1. The number of aromatic carboxylic acids is 1. The Morgan fingerprint density at radius 1 is 1.39 bits per heavy atom. The van der Waals surface area contributed by atoms with Crippen LogP contribution in [0.1, 0.15) is 10.4 Å². The average Bonchev–Trinajstić information content (AvgIpc) is 2.28. The number of carboxylic acids is 1. The maximum Gasteiger partial charge on any atom is 0.335 e. The Bertz CT molecular complexity index is 628. The smallest absolute Gasteiger partial charge is 0.335 e. The van der Waals surface area contributed by atoms with Crippen molar-refractivity contribution >= 4 is 22.0 Å². The second-order valence-electron chi connectivity index (χ2n) is 3.02. The number of hydrogen-bond donors (Lipinski definition) is 3. The molecule has 0 fully saturated rings. The number of benzene rings is 1. The van der Waals surface area contributed by atoms with Crippen LogP contribution in [0.5, 0.6) is 0 Å². The van der Waals surface area contributed by atoms with Crippen LogP contribution in [0, 0.1) is 11.5 Å². The van der Waals surface area contributed by atoms with Crippen LogP contribution in [0.15, 0.2) is 33.6 Å². The molecule has 9 heteroatoms. The number of nitriles is 1. The Morgan fingerprint density at radius 2 is 1.94 bits per heavy atom. The lowest BCUT2D eigenvalue weighted by Crippen LogP contribution is -2.28. The molecule has 0 heterocycles. The molecule has 0 bridgehead atoms. The van der Waals surface area contributed by atoms with Gasteiger partial charge in [-0.05, 0) is 24.3 Å². The first-order valence-corrected chi connectivity index (χ1v) is 5.90. The van der Waals surface area contributed by atoms with Crippen molar-refractivity contribution in [3.05, 3.63) is 29.8 Å². The number of nitrogens with two attached hydrogens (primary N) is 1. The van der Waals surface area contributed by atoms with E-state index in [0.29, 0.717) is 0 Å². The van der Waals surface area contributed by atoms with Crippen LogP contribution in [-0.4, -0.2) is 25.5 Å². The van der Waals surface area contributed by atoms with E-state index in [1.807, 2.05) is 5.32 Å². The summed E-state index contributed by atoms with van der Waals surface area (Å²) >= 11 is 0. The standard InChI is InChI=1S/C9H8N4O4S/c10-5-12-9(11)13-18(16,17)7-3-1-6(2-4-7)8(14)15/h1-4H,(H,14,15)(H3,11,12,13). The number of nitrogens with one attached hydrogen (secondary N) is 1. The normalized spacial score (nSPS) is 11.6. The number of sulfonamides is 1. The van der Waals surface area contributed by atoms with Crippen LogP contribution >= 0.6 is 0 Å². The number of carboxylic acid groups (broad SMARTS) is 1. The topological polar surface area (TPSA) is 146 Å². The Hall–Kier alpha value is -2.60. The van der Waals surface area contributed by atoms with Gasteiger partial charge in [-0.2, -0.15) is 13.7 Å². The van der Waals surface area contributed by atoms with Crippen molar-refractivity contribution in [2.24, 2.45) is 10.1 Å². The summed E-state index contributed by atoms with van der Waals surface area (Å²) in [5.41, 5.74) is 5.07. The zero-order chi connectivity index (χ0) is 13.8. The van der Waals surface area contributed by atoms with Crippen LogP contribution < -0.4 is 11.1 Å². The molecule has 0 unspecified atom stereocenters. The number of carbonyl (C=O) groups is 1. The molecule has 0 aromatic heterocycles. The molecule has 1 aromatic rings. The molecule has 0 atom stereocenters. The molecule has 0 radical (unpaired) electrons. The van der Waals surface area contributed by atoms with E-state index in [2.05, 4.69) is 4.40 Å². The third-order valence-corrected chi connectivity index (χ3v) is 3.11. The van der Waals surface area contributed by atoms with E-state index in [4.69, 9.17) is 16.1 Å². The summed E-state index contributed by atoms with van der Waals surface area (Å²) in [7, 11) is -4.07. The minimum absolute atomic E-state index is 0.0546. The molecule has 4 N–H and O–H groups in total. The lowest BCUT2D eigenvalue weighted by atomic mass is 10.2. The van der Waals surface area contributed by atoms with Gasteiger partial charge >= 0.3 is 5.97 Å². The summed E-state index contributed by atoms with van der Waals surface area (Å²) in [6.07, 6.45) is 1.42. The molecular formula is C9H8N4O4S. The average molecular weight is 268 g/mol. The molecular weight excluding hydrogens is 260 g/mol. The van der Waals surface area contributed by atoms with Crippen molar-refractivity contribution in [2.75, 3.05) is 0 Å². The predicted molar refractivity (Wildman–Crippen MR) is 61.0 cm³/mol. The molecule has 0 saturated carbocycles. The minimum atomic E-state index is -4.07. The Morgan fingerprint density at radius 3 is 2.39 bits per heavy atom. The van der Waals surface area contributed by atoms with E-state index in [9.17, 15) is 13.2 Å². The monoisotopic (exact) mass is 268 g/mol. The van der Waals surface area contributed by atoms with Crippen LogP contribution in [0.3, 0.4) is 0 Å². The van der Waals surface area contributed by atoms with Gasteiger partial charge in [0.15, 0.2) is 6.19 Å². The molecule has 0 amide bonds. The summed E-state index contributed by atoms with van der Waals surface area (Å²) in [6.45, 7) is 0. The molecule has 1 aromatic carbocycles. The lowest BCUT2D eigenvalue weighted by Gasteiger charge is -2.00. The van der Waals surface area contributed by atoms with Crippen molar-refractivity contribution in [3.8, 4) is 6.19 Å². The molecule has 0 aliphatic heterocycles. The van der Waals surface area contributed by atoms with Crippen LogP contribution in [0.2, 0.25) is 0 Å². The summed E-state index contributed by atoms with van der Waals surface area (Å²) in [6, 6.07) is 4.42. The summed E-state index contributed by atoms with van der Waals surface area (Å²) in [4.78, 5) is 10.4. The van der Waals surface area contributed by atoms with Gasteiger partial charge < -0.3 is 10.8 Å². The molecule has 0 aliphatic carbocycles. The molecule has 0 saturated heterocycles. The number of rotatable bonds is 3. The highest BCUT2D eigenvalue weighted by molar-refractivity contribution is 7.90. The van der Waals surface area contributed by atoms with Gasteiger partial charge in [0.1, 0.15) is 0 Å². The van der Waals surface area contributed by atoms with Gasteiger partial charge in [-0.25, -0.2) is 4.79 Å². The second-order valence-corrected chi connectivity index (χ2v) is 4.62. The van der Waals surface area contributed by atoms with Crippen molar-refractivity contribution in [3.63, 3.8) is 0 Å². The SMILES string of the molecule is N#CN/C(N)=N/S(=O)(=O)c1ccc(C(=O)O)cc1. The van der Waals surface area contributed by atoms with Gasteiger partial charge in [0, 0.05) is 0 Å². The van der Waals surface area contributed by atoms with Gasteiger partial charge in [-0.1, -0.05) is 0 Å². The van der Waals surface area contributed by atoms with Crippen molar-refractivity contribution in [1.82, 2.24) is 5.32 Å². The molecule has 8 nitrogen and oxygen atoms in total. The molecule has 1 rings (SSSR count). The van der Waals surface area contributed by atoms with Gasteiger partial charge in [0.2, 0.25) is 5.96 Å². The van der Waals surface area contributed by atoms with Crippen LogP contribution in [0.25, 0.3) is 0 Å². The van der Waals surface area contributed by atoms with Crippen LogP contribution in [-0.2, 0) is 10.0 Å². The van der Waals surface area contributed by atoms with Crippen molar-refractivity contribution in [1.29, 1.82) is 5.26 Å².